The molecule has 0 saturated heterocycles. The Bertz CT molecular complexity index is 2400. The zero-order valence-electron chi connectivity index (χ0n) is 42.9. The van der Waals surface area contributed by atoms with E-state index in [2.05, 4.69) is 0 Å². The molecule has 0 saturated carbocycles. The largest absolute Gasteiger partial charge is 1.00 e. The summed E-state index contributed by atoms with van der Waals surface area (Å²) in [5.41, 5.74) is 0.483. The normalized spacial score (nSPS) is 12.6. The van der Waals surface area contributed by atoms with E-state index in [-0.39, 0.29) is 238 Å². The average Bonchev–Trinajstić information content (AvgIpc) is 3.24. The molecule has 1 aliphatic rings. The topological polar surface area (TPSA) is 266 Å². The van der Waals surface area contributed by atoms with Gasteiger partial charge in [-0.1, -0.05) is 79.1 Å². The Kier molecular flexibility index (Phi) is 30.9. The molecule has 0 heterocycles. The summed E-state index contributed by atoms with van der Waals surface area (Å²) in [6.07, 6.45) is 6.79. The number of hydrogen-bond acceptors (Lipinski definition) is 16. The molecule has 24 heteroatoms. The Morgan fingerprint density at radius 1 is 0.319 bits per heavy atom. The minimum atomic E-state index is -5.24. The number of hydrogen-bond donors (Lipinski definition) is 0. The van der Waals surface area contributed by atoms with Gasteiger partial charge in [-0.15, -0.1) is 0 Å². The van der Waals surface area contributed by atoms with Gasteiger partial charge >= 0.3 is 118 Å². The van der Waals surface area contributed by atoms with Crippen LogP contribution in [0.15, 0.2) is 68.1 Å². The van der Waals surface area contributed by atoms with Crippen molar-refractivity contribution in [3.8, 4) is 23.0 Å². The van der Waals surface area contributed by atoms with Crippen molar-refractivity contribution in [2.75, 3.05) is 26.4 Å². The standard InChI is InChI=1S/C48H64O16S4.4Na/c1-5-9-13-17-61-45-33-21-35-27-42(66(52,53)54)29-37(46(35)62-18-14-10-6-2)23-39-31-44(68(58,59)60)32-40(48(39)64-20-16-12-8-4)24-38-30-43(67(55,56)57)28-36(47(38)63-19-15-11-7-3)22-34(45)26-41(25-33)65(49,50)51;;;;/h25-32H,5-24H2,1-4H3,(H,49,50,51)(H,52,53,54)(H,55,56,57)(H,58,59,60);;;;/q;4*+1/p-4. The predicted octanol–water partition coefficient (Wildman–Crippen LogP) is -3.73. The van der Waals surface area contributed by atoms with Gasteiger partial charge in [0.15, 0.2) is 0 Å². The van der Waals surface area contributed by atoms with E-state index >= 15 is 0 Å². The van der Waals surface area contributed by atoms with Crippen molar-refractivity contribution >= 4 is 40.5 Å². The third kappa shape index (κ3) is 20.2. The summed E-state index contributed by atoms with van der Waals surface area (Å²) in [5, 5.41) is 0. The molecule has 0 unspecified atom stereocenters. The molecule has 0 aromatic heterocycles. The van der Waals surface area contributed by atoms with Gasteiger partial charge in [-0.05, 0) is 74.2 Å². The van der Waals surface area contributed by atoms with Crippen LogP contribution in [0, 0.1) is 0 Å². The fourth-order valence-corrected chi connectivity index (χ4v) is 10.5. The first kappa shape index (κ1) is 69.7. The Morgan fingerprint density at radius 3 is 0.597 bits per heavy atom. The summed E-state index contributed by atoms with van der Waals surface area (Å²) in [5.74, 6) is 0.284. The van der Waals surface area contributed by atoms with Gasteiger partial charge in [0.1, 0.15) is 63.5 Å². The van der Waals surface area contributed by atoms with Crippen LogP contribution in [0.5, 0.6) is 23.0 Å². The molecule has 4 aromatic carbocycles. The number of fused-ring (bicyclic) bond motifs is 8. The second-order valence-corrected chi connectivity index (χ2v) is 22.5. The Hall–Kier alpha value is -0.280. The quantitative estimate of drug-likeness (QED) is 0.0327. The van der Waals surface area contributed by atoms with Gasteiger partial charge in [-0.25, -0.2) is 33.7 Å². The zero-order chi connectivity index (χ0) is 49.9. The molecule has 4 aromatic rings. The minimum Gasteiger partial charge on any atom is -0.744 e. The Balaban J connectivity index is 0.00000648. The van der Waals surface area contributed by atoms with Gasteiger partial charge in [0.25, 0.3) is 0 Å². The maximum atomic E-state index is 13.0. The maximum Gasteiger partial charge on any atom is 1.00 e. The summed E-state index contributed by atoms with van der Waals surface area (Å²) in [6.45, 7) is 8.29. The fourth-order valence-electron chi connectivity index (χ4n) is 8.19. The third-order valence-corrected chi connectivity index (χ3v) is 14.8. The van der Waals surface area contributed by atoms with Crippen LogP contribution in [0.1, 0.15) is 149 Å². The first-order valence-electron chi connectivity index (χ1n) is 23.1. The van der Waals surface area contributed by atoms with Crippen molar-refractivity contribution < 1.29 is 189 Å². The van der Waals surface area contributed by atoms with Crippen molar-refractivity contribution in [3.05, 3.63) is 93.0 Å². The third-order valence-electron chi connectivity index (χ3n) is 11.5. The van der Waals surface area contributed by atoms with E-state index in [1.807, 2.05) is 27.7 Å². The van der Waals surface area contributed by atoms with Crippen LogP contribution in [-0.4, -0.2) is 78.3 Å². The molecule has 72 heavy (non-hydrogen) atoms. The summed E-state index contributed by atoms with van der Waals surface area (Å²) in [4.78, 5) is -2.81. The van der Waals surface area contributed by atoms with Gasteiger partial charge in [0.2, 0.25) is 0 Å². The van der Waals surface area contributed by atoms with Crippen LogP contribution in [0.25, 0.3) is 0 Å². The molecule has 5 rings (SSSR count). The van der Waals surface area contributed by atoms with Crippen molar-refractivity contribution in [2.45, 2.75) is 150 Å². The molecule has 376 valence electrons. The van der Waals surface area contributed by atoms with E-state index in [1.165, 1.54) is 0 Å². The molecule has 8 bridgehead atoms. The second-order valence-electron chi connectivity index (χ2n) is 17.0. The average molecular weight is 1110 g/mol. The van der Waals surface area contributed by atoms with Crippen LogP contribution >= 0.6 is 0 Å². The molecule has 0 amide bonds. The van der Waals surface area contributed by atoms with E-state index in [1.54, 1.807) is 0 Å². The molecular weight excluding hydrogens is 1050 g/mol. The number of ether oxygens (including phenoxy) is 4. The molecule has 0 spiro atoms. The van der Waals surface area contributed by atoms with Gasteiger partial charge in [0.05, 0.1) is 46.0 Å². The van der Waals surface area contributed by atoms with Gasteiger partial charge in [-0.2, -0.15) is 0 Å². The smallest absolute Gasteiger partial charge is 0.744 e. The molecular formula is C48H60Na4O16S4. The van der Waals surface area contributed by atoms with Gasteiger partial charge in [-0.3, -0.25) is 0 Å². The molecule has 0 N–H and O–H groups in total. The molecule has 1 aliphatic carbocycles. The zero-order valence-corrected chi connectivity index (χ0v) is 54.2. The van der Waals surface area contributed by atoms with E-state index < -0.39 is 60.1 Å². The first-order valence-corrected chi connectivity index (χ1v) is 28.7. The number of benzene rings is 4. The van der Waals surface area contributed by atoms with Crippen molar-refractivity contribution in [3.63, 3.8) is 0 Å². The summed E-state index contributed by atoms with van der Waals surface area (Å²) in [7, 11) is -20.9. The molecule has 0 fully saturated rings. The van der Waals surface area contributed by atoms with Crippen LogP contribution in [0.3, 0.4) is 0 Å². The van der Waals surface area contributed by atoms with Crippen LogP contribution < -0.4 is 137 Å². The Morgan fingerprint density at radius 2 is 0.472 bits per heavy atom. The van der Waals surface area contributed by atoms with Crippen molar-refractivity contribution in [2.24, 2.45) is 0 Å². The molecule has 0 atom stereocenters. The van der Waals surface area contributed by atoms with E-state index in [0.717, 1.165) is 99.9 Å². The molecule has 0 radical (unpaired) electrons. The minimum absolute atomic E-state index is 0. The second kappa shape index (κ2) is 32.0. The SMILES string of the molecule is CCCCCOc1c2cc(S(=O)(=O)[O-])cc1Cc1cc(S(=O)(=O)[O-])cc(c1OCCCCC)Cc1cc(S(=O)(=O)[O-])cc(c1OCCCCC)Cc1cc(S(=O)(=O)[O-])cc(c1OCCCCC)C2.[Na+].[Na+].[Na+].[Na+]. The van der Waals surface area contributed by atoms with Crippen molar-refractivity contribution in [1.29, 1.82) is 0 Å². The number of rotatable bonds is 24. The van der Waals surface area contributed by atoms with Crippen LogP contribution in [0.2, 0.25) is 0 Å². The monoisotopic (exact) mass is 1110 g/mol. The van der Waals surface area contributed by atoms with E-state index in [9.17, 15) is 51.9 Å². The first-order chi connectivity index (χ1) is 32.1. The van der Waals surface area contributed by atoms with E-state index in [4.69, 9.17) is 18.9 Å². The summed E-state index contributed by atoms with van der Waals surface area (Å²) in [6, 6.07) is 8.72. The van der Waals surface area contributed by atoms with Crippen LogP contribution in [-0.2, 0) is 66.2 Å². The Labute approximate surface area is 515 Å². The predicted molar refractivity (Wildman–Crippen MR) is 249 cm³/mol. The van der Waals surface area contributed by atoms with Gasteiger partial charge < -0.3 is 37.2 Å². The summed E-state index contributed by atoms with van der Waals surface area (Å²) >= 11 is 0. The molecule has 16 nitrogen and oxygen atoms in total. The molecule has 0 aliphatic heterocycles. The van der Waals surface area contributed by atoms with Crippen LogP contribution in [0.4, 0.5) is 0 Å². The van der Waals surface area contributed by atoms with E-state index in [0.29, 0.717) is 25.7 Å². The van der Waals surface area contributed by atoms with Crippen molar-refractivity contribution in [1.82, 2.24) is 0 Å². The number of unbranched alkanes of at least 4 members (excludes halogenated alkanes) is 8. The fraction of sp³-hybridized carbons (Fsp3) is 0.500. The summed E-state index contributed by atoms with van der Waals surface area (Å²) < 4.78 is 182. The maximum absolute atomic E-state index is 13.0. The van der Waals surface area contributed by atoms with Gasteiger partial charge in [0, 0.05) is 70.2 Å².